The highest BCUT2D eigenvalue weighted by Gasteiger charge is 2.18. The molecule has 1 N–H and O–H groups in total. The Labute approximate surface area is 190 Å². The molecule has 4 rings (SSSR count). The number of nitrogens with one attached hydrogen (secondary N) is 1. The van der Waals surface area contributed by atoms with Crippen molar-refractivity contribution < 1.29 is 12.8 Å². The van der Waals surface area contributed by atoms with E-state index >= 15 is 0 Å². The minimum absolute atomic E-state index is 0.0697. The molecule has 0 saturated carbocycles. The molecule has 1 aromatic carbocycles. The van der Waals surface area contributed by atoms with Gasteiger partial charge in [0.15, 0.2) is 14.9 Å². The molecule has 0 aliphatic heterocycles. The number of fused-ring (bicyclic) bond motifs is 1. The predicted molar refractivity (Wildman–Crippen MR) is 121 cm³/mol. The Morgan fingerprint density at radius 1 is 1.24 bits per heavy atom. The third-order valence-electron chi connectivity index (χ3n) is 5.08. The number of benzene rings is 1. The fraction of sp³-hybridized carbons (Fsp3) is 0.130. The van der Waals surface area contributed by atoms with Gasteiger partial charge < -0.3 is 5.32 Å². The minimum atomic E-state index is -3.50. The van der Waals surface area contributed by atoms with Crippen LogP contribution in [0, 0.1) is 17.1 Å². The Morgan fingerprint density at radius 3 is 2.70 bits per heavy atom. The van der Waals surface area contributed by atoms with Gasteiger partial charge in [0.2, 0.25) is 0 Å². The number of hydrogen-bond donors (Lipinski definition) is 1. The Morgan fingerprint density at radius 2 is 2.00 bits per heavy atom. The van der Waals surface area contributed by atoms with Crippen LogP contribution in [-0.2, 0) is 9.84 Å². The molecule has 8 nitrogen and oxygen atoms in total. The lowest BCUT2D eigenvalue weighted by molar-refractivity contribution is 0.596. The van der Waals surface area contributed by atoms with Gasteiger partial charge in [-0.2, -0.15) is 10.4 Å². The molecule has 0 spiro atoms. The predicted octanol–water partition coefficient (Wildman–Crippen LogP) is 3.57. The van der Waals surface area contributed by atoms with Crippen molar-refractivity contribution in [3.05, 3.63) is 84.7 Å². The molecule has 4 aromatic rings. The zero-order chi connectivity index (χ0) is 23.6. The lowest BCUT2D eigenvalue weighted by Crippen LogP contribution is -2.20. The van der Waals surface area contributed by atoms with E-state index in [1.807, 2.05) is 0 Å². The third-order valence-corrected chi connectivity index (χ3v) is 6.06. The van der Waals surface area contributed by atoms with E-state index in [1.165, 1.54) is 24.4 Å². The Balaban J connectivity index is 1.68. The van der Waals surface area contributed by atoms with Gasteiger partial charge in [0.1, 0.15) is 5.82 Å². The zero-order valence-corrected chi connectivity index (χ0v) is 18.4. The van der Waals surface area contributed by atoms with Crippen LogP contribution in [0.25, 0.3) is 22.3 Å². The highest BCUT2D eigenvalue weighted by Crippen LogP contribution is 2.27. The van der Waals surface area contributed by atoms with Crippen LogP contribution in [0.15, 0.2) is 72.8 Å². The molecule has 10 heteroatoms. The molecule has 3 aromatic heterocycles. The van der Waals surface area contributed by atoms with Gasteiger partial charge in [-0.05, 0) is 42.0 Å². The second-order valence-corrected chi connectivity index (χ2v) is 9.35. The standard InChI is InChI=1S/C23H19FN6O2S/c1-15(29-21(7-9-25)16-8-10-27-23(11-16)33(2,31)32)19-12-26-14-22-20(19)13-28-30(22)18-5-3-17(24)4-6-18/h3-6,8,10-14,21,29H,1,7H2,2H3/t21-/m0/s1. The third kappa shape index (κ3) is 4.58. The van der Waals surface area contributed by atoms with Gasteiger partial charge in [0, 0.05) is 35.3 Å². The van der Waals surface area contributed by atoms with Crippen molar-refractivity contribution in [1.29, 1.82) is 5.26 Å². The van der Waals surface area contributed by atoms with E-state index in [0.29, 0.717) is 28.0 Å². The summed E-state index contributed by atoms with van der Waals surface area (Å²) in [4.78, 5) is 8.20. The Bertz CT molecular complexity index is 1490. The monoisotopic (exact) mass is 462 g/mol. The highest BCUT2D eigenvalue weighted by molar-refractivity contribution is 7.90. The number of hydrogen-bond acceptors (Lipinski definition) is 7. The summed E-state index contributed by atoms with van der Waals surface area (Å²) in [5, 5.41) is 17.6. The molecule has 0 radical (unpaired) electrons. The van der Waals surface area contributed by atoms with Crippen molar-refractivity contribution in [2.24, 2.45) is 0 Å². The average molecular weight is 463 g/mol. The van der Waals surface area contributed by atoms with E-state index in [1.54, 1.807) is 41.5 Å². The first-order valence-corrected chi connectivity index (χ1v) is 11.7. The minimum Gasteiger partial charge on any atom is -0.377 e. The molecule has 166 valence electrons. The summed E-state index contributed by atoms with van der Waals surface area (Å²) >= 11 is 0. The molecule has 3 heterocycles. The summed E-state index contributed by atoms with van der Waals surface area (Å²) in [6, 6.07) is 10.6. The molecule has 0 aliphatic rings. The molecule has 0 amide bonds. The normalized spacial score (nSPS) is 12.3. The molecule has 0 saturated heterocycles. The Kier molecular flexibility index (Phi) is 5.89. The van der Waals surface area contributed by atoms with E-state index in [4.69, 9.17) is 0 Å². The maximum Gasteiger partial charge on any atom is 0.192 e. The summed E-state index contributed by atoms with van der Waals surface area (Å²) in [5.74, 6) is -0.342. The van der Waals surface area contributed by atoms with Crippen molar-refractivity contribution in [3.8, 4) is 11.8 Å². The lowest BCUT2D eigenvalue weighted by atomic mass is 10.0. The smallest absolute Gasteiger partial charge is 0.192 e. The fourth-order valence-electron chi connectivity index (χ4n) is 3.45. The van der Waals surface area contributed by atoms with Crippen LogP contribution < -0.4 is 5.32 Å². The van der Waals surface area contributed by atoms with Gasteiger partial charge in [0.05, 0.1) is 42.1 Å². The first-order valence-electron chi connectivity index (χ1n) is 9.84. The van der Waals surface area contributed by atoms with E-state index in [-0.39, 0.29) is 17.3 Å². The number of sulfone groups is 1. The highest BCUT2D eigenvalue weighted by atomic mass is 32.2. The van der Waals surface area contributed by atoms with Gasteiger partial charge in [0.25, 0.3) is 0 Å². The maximum absolute atomic E-state index is 13.3. The second kappa shape index (κ2) is 8.80. The number of rotatable bonds is 7. The quantitative estimate of drug-likeness (QED) is 0.447. The van der Waals surface area contributed by atoms with Crippen molar-refractivity contribution >= 4 is 26.4 Å². The van der Waals surface area contributed by atoms with Crippen molar-refractivity contribution in [1.82, 2.24) is 25.1 Å². The van der Waals surface area contributed by atoms with Crippen LogP contribution in [0.1, 0.15) is 23.6 Å². The summed E-state index contributed by atoms with van der Waals surface area (Å²) in [5.41, 5.74) is 3.12. The Hall–Kier alpha value is -4.10. The SMILES string of the molecule is C=C(N[C@@H](CC#N)c1ccnc(S(C)(=O)=O)c1)c1cncc2c1cnn2-c1ccc(F)cc1. The maximum atomic E-state index is 13.3. The van der Waals surface area contributed by atoms with Gasteiger partial charge in [-0.1, -0.05) is 6.58 Å². The van der Waals surface area contributed by atoms with Gasteiger partial charge in [-0.25, -0.2) is 22.5 Å². The van der Waals surface area contributed by atoms with Crippen LogP contribution in [-0.4, -0.2) is 34.4 Å². The average Bonchev–Trinajstić information content (AvgIpc) is 3.23. The molecule has 1 atom stereocenters. The number of nitriles is 1. The van der Waals surface area contributed by atoms with Crippen LogP contribution in [0.3, 0.4) is 0 Å². The van der Waals surface area contributed by atoms with Gasteiger partial charge in [-0.15, -0.1) is 0 Å². The molecular weight excluding hydrogens is 443 g/mol. The van der Waals surface area contributed by atoms with Crippen LogP contribution in [0.4, 0.5) is 4.39 Å². The summed E-state index contributed by atoms with van der Waals surface area (Å²) in [6.45, 7) is 4.11. The second-order valence-electron chi connectivity index (χ2n) is 7.39. The summed E-state index contributed by atoms with van der Waals surface area (Å²) in [7, 11) is -3.50. The van der Waals surface area contributed by atoms with Crippen LogP contribution in [0.2, 0.25) is 0 Å². The number of pyridine rings is 2. The number of halogens is 1. The molecule has 0 aliphatic carbocycles. The van der Waals surface area contributed by atoms with Gasteiger partial charge >= 0.3 is 0 Å². The first kappa shape index (κ1) is 22.1. The molecule has 0 fully saturated rings. The van der Waals surface area contributed by atoms with Crippen molar-refractivity contribution in [2.75, 3.05) is 6.26 Å². The molecule has 33 heavy (non-hydrogen) atoms. The molecular formula is C23H19FN6O2S. The topological polar surface area (TPSA) is 114 Å². The van der Waals surface area contributed by atoms with Crippen molar-refractivity contribution in [2.45, 2.75) is 17.5 Å². The lowest BCUT2D eigenvalue weighted by Gasteiger charge is -2.20. The fourth-order valence-corrected chi connectivity index (χ4v) is 4.05. The van der Waals surface area contributed by atoms with Gasteiger partial charge in [-0.3, -0.25) is 4.98 Å². The molecule has 0 bridgehead atoms. The summed E-state index contributed by atoms with van der Waals surface area (Å²) in [6.07, 6.45) is 7.49. The van der Waals surface area contributed by atoms with E-state index < -0.39 is 15.9 Å². The van der Waals surface area contributed by atoms with Crippen LogP contribution >= 0.6 is 0 Å². The first-order chi connectivity index (χ1) is 15.8. The van der Waals surface area contributed by atoms with E-state index in [9.17, 15) is 18.1 Å². The summed E-state index contributed by atoms with van der Waals surface area (Å²) < 4.78 is 38.7. The zero-order valence-electron chi connectivity index (χ0n) is 17.6. The number of nitrogens with zero attached hydrogens (tertiary/aromatic N) is 5. The van der Waals surface area contributed by atoms with Crippen LogP contribution in [0.5, 0.6) is 0 Å². The number of aromatic nitrogens is 4. The van der Waals surface area contributed by atoms with E-state index in [0.717, 1.165) is 11.6 Å². The van der Waals surface area contributed by atoms with E-state index in [2.05, 4.69) is 33.0 Å². The molecule has 0 unspecified atom stereocenters. The van der Waals surface area contributed by atoms with Crippen molar-refractivity contribution in [3.63, 3.8) is 0 Å². The largest absolute Gasteiger partial charge is 0.377 e.